The van der Waals surface area contributed by atoms with E-state index in [1.54, 1.807) is 0 Å². The number of piperidine rings is 1. The fourth-order valence-corrected chi connectivity index (χ4v) is 1.96. The number of rotatable bonds is 3. The summed E-state index contributed by atoms with van der Waals surface area (Å²) in [7, 11) is 0. The molecule has 1 heterocycles. The molecule has 0 saturated carbocycles. The topological polar surface area (TPSA) is 3.24 Å². The maximum Gasteiger partial charge on any atom is 0.103 e. The van der Waals surface area contributed by atoms with Gasteiger partial charge in [0.15, 0.2) is 0 Å². The Kier molecular flexibility index (Phi) is 3.99. The average Bonchev–Trinajstić information content (AvgIpc) is 2.17. The second-order valence-corrected chi connectivity index (χ2v) is 3.70. The Bertz CT molecular complexity index is 119. The molecule has 1 nitrogen and oxygen atoms in total. The molecule has 1 atom stereocenters. The van der Waals surface area contributed by atoms with Crippen molar-refractivity contribution in [1.29, 1.82) is 0 Å². The number of hydrogen-bond donors (Lipinski definition) is 0. The lowest BCUT2D eigenvalue weighted by Gasteiger charge is -2.32. The summed E-state index contributed by atoms with van der Waals surface area (Å²) < 4.78 is 13.2. The maximum absolute atomic E-state index is 13.2. The minimum absolute atomic E-state index is 0.345. The highest BCUT2D eigenvalue weighted by Gasteiger charge is 2.24. The second-order valence-electron chi connectivity index (χ2n) is 3.70. The third kappa shape index (κ3) is 2.44. The maximum atomic E-state index is 13.2. The van der Waals surface area contributed by atoms with Crippen molar-refractivity contribution in [2.24, 2.45) is 5.92 Å². The number of halogens is 1. The van der Waals surface area contributed by atoms with Crippen molar-refractivity contribution in [1.82, 2.24) is 4.90 Å². The number of likely N-dealkylation sites (tertiary alicyclic amines) is 1. The van der Waals surface area contributed by atoms with Crippen molar-refractivity contribution in [3.05, 3.63) is 0 Å². The molecule has 0 unspecified atom stereocenters. The highest BCUT2D eigenvalue weighted by atomic mass is 19.1. The molecule has 1 saturated heterocycles. The molecule has 1 fully saturated rings. The van der Waals surface area contributed by atoms with Crippen LogP contribution in [0.3, 0.4) is 0 Å². The first-order valence-electron chi connectivity index (χ1n) is 5.14. The van der Waals surface area contributed by atoms with Crippen LogP contribution in [0, 0.1) is 5.92 Å². The Morgan fingerprint density at radius 3 is 2.33 bits per heavy atom. The number of hydrogen-bond acceptors (Lipinski definition) is 1. The van der Waals surface area contributed by atoms with E-state index in [-0.39, 0.29) is 0 Å². The molecule has 0 aromatic heterocycles. The van der Waals surface area contributed by atoms with Gasteiger partial charge in [-0.15, -0.1) is 0 Å². The van der Waals surface area contributed by atoms with Crippen LogP contribution < -0.4 is 0 Å². The predicted molar refractivity (Wildman–Crippen MR) is 50.0 cm³/mol. The fraction of sp³-hybridized carbons (Fsp3) is 1.00. The van der Waals surface area contributed by atoms with Crippen LogP contribution in [0.15, 0.2) is 0 Å². The van der Waals surface area contributed by atoms with E-state index in [2.05, 4.69) is 11.8 Å². The summed E-state index contributed by atoms with van der Waals surface area (Å²) in [4.78, 5) is 2.40. The lowest BCUT2D eigenvalue weighted by molar-refractivity contribution is 0.121. The van der Waals surface area contributed by atoms with Gasteiger partial charge in [0.1, 0.15) is 6.17 Å². The van der Waals surface area contributed by atoms with Crippen LogP contribution in [-0.4, -0.2) is 30.7 Å². The number of alkyl halides is 1. The third-order valence-corrected chi connectivity index (χ3v) is 2.98. The van der Waals surface area contributed by atoms with Crippen molar-refractivity contribution in [2.45, 2.75) is 39.3 Å². The van der Waals surface area contributed by atoms with Crippen molar-refractivity contribution < 1.29 is 4.39 Å². The molecule has 12 heavy (non-hydrogen) atoms. The molecular formula is C10H20FN. The molecule has 1 aliphatic heterocycles. The molecule has 0 bridgehead atoms. The minimum atomic E-state index is -0.552. The summed E-state index contributed by atoms with van der Waals surface area (Å²) in [6, 6.07) is 0. The van der Waals surface area contributed by atoms with Gasteiger partial charge in [0.05, 0.1) is 0 Å². The predicted octanol–water partition coefficient (Wildman–Crippen LogP) is 2.47. The van der Waals surface area contributed by atoms with E-state index in [0.29, 0.717) is 12.3 Å². The highest BCUT2D eigenvalue weighted by Crippen LogP contribution is 2.24. The highest BCUT2D eigenvalue weighted by molar-refractivity contribution is 4.76. The molecule has 72 valence electrons. The Hall–Kier alpha value is -0.110. The lowest BCUT2D eigenvalue weighted by atomic mass is 9.91. The Morgan fingerprint density at radius 2 is 1.92 bits per heavy atom. The molecule has 0 spiro atoms. The summed E-state index contributed by atoms with van der Waals surface area (Å²) in [6.07, 6.45) is 2.26. The van der Waals surface area contributed by atoms with Crippen LogP contribution in [0.25, 0.3) is 0 Å². The largest absolute Gasteiger partial charge is 0.304 e. The van der Waals surface area contributed by atoms with Gasteiger partial charge in [0, 0.05) is 0 Å². The van der Waals surface area contributed by atoms with Crippen molar-refractivity contribution in [3.8, 4) is 0 Å². The molecule has 1 rings (SSSR count). The molecule has 0 N–H and O–H groups in total. The first-order chi connectivity index (χ1) is 5.77. The summed E-state index contributed by atoms with van der Waals surface area (Å²) in [5.74, 6) is 0.345. The summed E-state index contributed by atoms with van der Waals surface area (Å²) in [5, 5.41) is 0. The van der Waals surface area contributed by atoms with Gasteiger partial charge in [-0.1, -0.05) is 13.8 Å². The molecule has 0 radical (unpaired) electrons. The summed E-state index contributed by atoms with van der Waals surface area (Å²) in [6.45, 7) is 7.43. The van der Waals surface area contributed by atoms with Crippen molar-refractivity contribution >= 4 is 0 Å². The zero-order valence-electron chi connectivity index (χ0n) is 8.22. The average molecular weight is 173 g/mol. The van der Waals surface area contributed by atoms with Crippen LogP contribution in [0.5, 0.6) is 0 Å². The second kappa shape index (κ2) is 4.80. The third-order valence-electron chi connectivity index (χ3n) is 2.98. The van der Waals surface area contributed by atoms with Crippen LogP contribution in [0.1, 0.15) is 33.1 Å². The van der Waals surface area contributed by atoms with Crippen molar-refractivity contribution in [2.75, 3.05) is 19.6 Å². The standard InChI is InChI=1S/C10H20FN/c1-3-10(11)9-5-7-12(4-2)8-6-9/h9-10H,3-8H2,1-2H3/t10-/m1/s1. The normalized spacial score (nSPS) is 24.2. The monoisotopic (exact) mass is 173 g/mol. The Balaban J connectivity index is 2.25. The molecule has 0 aliphatic carbocycles. The summed E-state index contributed by atoms with van der Waals surface area (Å²) in [5.41, 5.74) is 0. The van der Waals surface area contributed by atoms with E-state index >= 15 is 0 Å². The van der Waals surface area contributed by atoms with Gasteiger partial charge in [0.2, 0.25) is 0 Å². The smallest absolute Gasteiger partial charge is 0.103 e. The van der Waals surface area contributed by atoms with Gasteiger partial charge in [0.25, 0.3) is 0 Å². The van der Waals surface area contributed by atoms with Gasteiger partial charge in [-0.2, -0.15) is 0 Å². The SMILES string of the molecule is CC[C@@H](F)C1CCN(CC)CC1. The van der Waals surface area contributed by atoms with E-state index in [4.69, 9.17) is 0 Å². The quantitative estimate of drug-likeness (QED) is 0.633. The van der Waals surface area contributed by atoms with Crippen LogP contribution >= 0.6 is 0 Å². The first kappa shape index (κ1) is 9.97. The molecule has 0 aromatic rings. The van der Waals surface area contributed by atoms with E-state index in [1.165, 1.54) is 0 Å². The molecular weight excluding hydrogens is 153 g/mol. The lowest BCUT2D eigenvalue weighted by Crippen LogP contribution is -2.36. The van der Waals surface area contributed by atoms with Gasteiger partial charge >= 0.3 is 0 Å². The Morgan fingerprint density at radius 1 is 1.33 bits per heavy atom. The van der Waals surface area contributed by atoms with E-state index < -0.39 is 6.17 Å². The van der Waals surface area contributed by atoms with Crippen molar-refractivity contribution in [3.63, 3.8) is 0 Å². The van der Waals surface area contributed by atoms with Gasteiger partial charge < -0.3 is 4.90 Å². The van der Waals surface area contributed by atoms with E-state index in [0.717, 1.165) is 32.5 Å². The molecule has 0 aromatic carbocycles. The zero-order valence-corrected chi connectivity index (χ0v) is 8.22. The molecule has 0 amide bonds. The van der Waals surface area contributed by atoms with E-state index in [1.807, 2.05) is 6.92 Å². The number of nitrogens with zero attached hydrogens (tertiary/aromatic N) is 1. The van der Waals surface area contributed by atoms with Gasteiger partial charge in [-0.3, -0.25) is 0 Å². The van der Waals surface area contributed by atoms with E-state index in [9.17, 15) is 4.39 Å². The molecule has 1 aliphatic rings. The zero-order chi connectivity index (χ0) is 8.97. The first-order valence-corrected chi connectivity index (χ1v) is 5.14. The van der Waals surface area contributed by atoms with Crippen LogP contribution in [-0.2, 0) is 0 Å². The minimum Gasteiger partial charge on any atom is -0.304 e. The molecule has 2 heteroatoms. The van der Waals surface area contributed by atoms with Gasteiger partial charge in [-0.05, 0) is 44.8 Å². The van der Waals surface area contributed by atoms with Crippen LogP contribution in [0.4, 0.5) is 4.39 Å². The summed E-state index contributed by atoms with van der Waals surface area (Å²) >= 11 is 0. The van der Waals surface area contributed by atoms with Gasteiger partial charge in [-0.25, -0.2) is 4.39 Å². The van der Waals surface area contributed by atoms with Crippen LogP contribution in [0.2, 0.25) is 0 Å². The fourth-order valence-electron chi connectivity index (χ4n) is 1.96. The Labute approximate surface area is 74.9 Å².